The predicted octanol–water partition coefficient (Wildman–Crippen LogP) is 4.16. The van der Waals surface area contributed by atoms with E-state index in [-0.39, 0.29) is 22.5 Å². The maximum absolute atomic E-state index is 12.5. The van der Waals surface area contributed by atoms with Crippen molar-refractivity contribution in [3.05, 3.63) is 65.7 Å². The highest BCUT2D eigenvalue weighted by Gasteiger charge is 2.23. The zero-order valence-corrected chi connectivity index (χ0v) is 20.2. The van der Waals surface area contributed by atoms with Crippen LogP contribution < -0.4 is 10.2 Å². The van der Waals surface area contributed by atoms with Crippen LogP contribution in [0.15, 0.2) is 54.6 Å². The van der Waals surface area contributed by atoms with Gasteiger partial charge in [0.05, 0.1) is 0 Å². The van der Waals surface area contributed by atoms with Crippen molar-refractivity contribution >= 4 is 46.2 Å². The minimum Gasteiger partial charge on any atom is -0.480 e. The zero-order chi connectivity index (χ0) is 23.5. The fourth-order valence-corrected chi connectivity index (χ4v) is 4.61. The van der Waals surface area contributed by atoms with Crippen molar-refractivity contribution in [1.82, 2.24) is 5.32 Å². The van der Waals surface area contributed by atoms with E-state index in [2.05, 4.69) is 17.1 Å². The fourth-order valence-electron chi connectivity index (χ4n) is 2.75. The zero-order valence-electron chi connectivity index (χ0n) is 18.6. The summed E-state index contributed by atoms with van der Waals surface area (Å²) < 4.78 is 0. The summed E-state index contributed by atoms with van der Waals surface area (Å²) in [6.45, 7) is 4.71. The number of rotatable bonds is 12. The Morgan fingerprint density at radius 3 is 2.28 bits per heavy atom. The van der Waals surface area contributed by atoms with Crippen molar-refractivity contribution in [2.24, 2.45) is 5.92 Å². The standard InChI is InChI=1S/C24H30N2O4S2/c1-4-26(3)20-12-10-18(11-13-20)15-31-16-21(23(28)29)25-22(27)17(2)14-32-24(30)19-8-6-5-7-9-19/h5-13,17,21H,4,14-16H2,1-3H3,(H,25,27)(H,28,29)/t17?,21-/m1/s1. The molecule has 0 saturated carbocycles. The molecule has 2 rings (SSSR count). The van der Waals surface area contributed by atoms with E-state index in [0.29, 0.717) is 11.3 Å². The van der Waals surface area contributed by atoms with Crippen molar-refractivity contribution in [1.29, 1.82) is 0 Å². The van der Waals surface area contributed by atoms with E-state index in [4.69, 9.17) is 0 Å². The second kappa shape index (κ2) is 13.2. The van der Waals surface area contributed by atoms with Crippen LogP contribution in [0.2, 0.25) is 0 Å². The first-order chi connectivity index (χ1) is 15.3. The molecular weight excluding hydrogens is 444 g/mol. The van der Waals surface area contributed by atoms with Gasteiger partial charge < -0.3 is 15.3 Å². The van der Waals surface area contributed by atoms with Crippen LogP contribution in [-0.2, 0) is 15.3 Å². The van der Waals surface area contributed by atoms with Crippen LogP contribution in [0.1, 0.15) is 29.8 Å². The minimum atomic E-state index is -1.06. The van der Waals surface area contributed by atoms with Gasteiger partial charge in [-0.1, -0.05) is 61.2 Å². The lowest BCUT2D eigenvalue weighted by Crippen LogP contribution is -2.45. The number of benzene rings is 2. The molecule has 0 aromatic heterocycles. The number of aliphatic carboxylic acids is 1. The Bertz CT molecular complexity index is 891. The summed E-state index contributed by atoms with van der Waals surface area (Å²) in [5.41, 5.74) is 2.82. The maximum atomic E-state index is 12.5. The average molecular weight is 475 g/mol. The summed E-state index contributed by atoms with van der Waals surface area (Å²) in [4.78, 5) is 38.4. The molecule has 32 heavy (non-hydrogen) atoms. The first kappa shape index (κ1) is 25.8. The van der Waals surface area contributed by atoms with Gasteiger partial charge in [0.25, 0.3) is 0 Å². The number of anilines is 1. The summed E-state index contributed by atoms with van der Waals surface area (Å²) in [5, 5.41) is 12.0. The smallest absolute Gasteiger partial charge is 0.327 e. The van der Waals surface area contributed by atoms with Gasteiger partial charge >= 0.3 is 5.97 Å². The van der Waals surface area contributed by atoms with Crippen LogP contribution in [0.25, 0.3) is 0 Å². The molecule has 0 bridgehead atoms. The van der Waals surface area contributed by atoms with Crippen LogP contribution in [-0.4, -0.2) is 53.2 Å². The number of hydrogen-bond acceptors (Lipinski definition) is 6. The number of amides is 1. The molecule has 0 aliphatic carbocycles. The second-order valence-corrected chi connectivity index (χ2v) is 9.48. The predicted molar refractivity (Wildman–Crippen MR) is 134 cm³/mol. The molecule has 0 aliphatic heterocycles. The van der Waals surface area contributed by atoms with Crippen LogP contribution in [0.3, 0.4) is 0 Å². The van der Waals surface area contributed by atoms with E-state index in [0.717, 1.165) is 29.6 Å². The molecule has 0 fully saturated rings. The molecule has 0 aliphatic rings. The monoisotopic (exact) mass is 474 g/mol. The molecule has 6 nitrogen and oxygen atoms in total. The third-order valence-electron chi connectivity index (χ3n) is 4.94. The van der Waals surface area contributed by atoms with Gasteiger partial charge in [0, 0.05) is 48.0 Å². The molecule has 0 spiro atoms. The summed E-state index contributed by atoms with van der Waals surface area (Å²) in [6, 6.07) is 16.1. The average Bonchev–Trinajstić information content (AvgIpc) is 2.81. The topological polar surface area (TPSA) is 86.7 Å². The lowest BCUT2D eigenvalue weighted by molar-refractivity contribution is -0.141. The number of carbonyl (C=O) groups is 3. The molecule has 0 heterocycles. The number of carbonyl (C=O) groups excluding carboxylic acids is 2. The van der Waals surface area contributed by atoms with E-state index in [9.17, 15) is 19.5 Å². The van der Waals surface area contributed by atoms with Crippen molar-refractivity contribution in [3.8, 4) is 0 Å². The highest BCUT2D eigenvalue weighted by Crippen LogP contribution is 2.19. The quantitative estimate of drug-likeness (QED) is 0.478. The van der Waals surface area contributed by atoms with Gasteiger partial charge in [0.15, 0.2) is 0 Å². The first-order valence-electron chi connectivity index (χ1n) is 10.4. The summed E-state index contributed by atoms with van der Waals surface area (Å²) in [5.74, 6) is -0.697. The summed E-state index contributed by atoms with van der Waals surface area (Å²) >= 11 is 2.53. The van der Waals surface area contributed by atoms with Gasteiger partial charge in [-0.05, 0) is 24.6 Å². The number of nitrogens with one attached hydrogen (secondary N) is 1. The Labute approximate surface area is 198 Å². The molecule has 2 N–H and O–H groups in total. The van der Waals surface area contributed by atoms with E-state index in [1.807, 2.05) is 37.4 Å². The SMILES string of the molecule is CCN(C)c1ccc(CSC[C@@H](NC(=O)C(C)CSC(=O)c2ccccc2)C(=O)O)cc1. The van der Waals surface area contributed by atoms with Crippen LogP contribution in [0.5, 0.6) is 0 Å². The molecule has 0 radical (unpaired) electrons. The third kappa shape index (κ3) is 8.24. The van der Waals surface area contributed by atoms with E-state index < -0.39 is 17.9 Å². The Hall–Kier alpha value is -2.45. The van der Waals surface area contributed by atoms with E-state index in [1.165, 1.54) is 11.8 Å². The summed E-state index contributed by atoms with van der Waals surface area (Å²) in [6.07, 6.45) is 0. The van der Waals surface area contributed by atoms with Gasteiger partial charge in [-0.15, -0.1) is 0 Å². The molecule has 0 saturated heterocycles. The van der Waals surface area contributed by atoms with Crippen molar-refractivity contribution in [2.75, 3.05) is 30.0 Å². The molecule has 2 atom stereocenters. The molecule has 1 amide bonds. The highest BCUT2D eigenvalue weighted by atomic mass is 32.2. The molecule has 1 unspecified atom stereocenters. The van der Waals surface area contributed by atoms with E-state index >= 15 is 0 Å². The number of nitrogens with zero attached hydrogens (tertiary/aromatic N) is 1. The number of thioether (sulfide) groups is 2. The largest absolute Gasteiger partial charge is 0.480 e. The summed E-state index contributed by atoms with van der Waals surface area (Å²) in [7, 11) is 2.03. The van der Waals surface area contributed by atoms with Gasteiger partial charge in [0.2, 0.25) is 11.0 Å². The Morgan fingerprint density at radius 1 is 1.03 bits per heavy atom. The van der Waals surface area contributed by atoms with Crippen LogP contribution in [0.4, 0.5) is 5.69 Å². The maximum Gasteiger partial charge on any atom is 0.327 e. The van der Waals surface area contributed by atoms with Crippen LogP contribution >= 0.6 is 23.5 Å². The number of carboxylic acids is 1. The van der Waals surface area contributed by atoms with Crippen LogP contribution in [0, 0.1) is 5.92 Å². The van der Waals surface area contributed by atoms with Crippen molar-refractivity contribution in [2.45, 2.75) is 25.6 Å². The van der Waals surface area contributed by atoms with Crippen molar-refractivity contribution in [3.63, 3.8) is 0 Å². The van der Waals surface area contributed by atoms with Gasteiger partial charge in [-0.25, -0.2) is 4.79 Å². The Kier molecular flexibility index (Phi) is 10.6. The Morgan fingerprint density at radius 2 is 1.69 bits per heavy atom. The van der Waals surface area contributed by atoms with Gasteiger partial charge in [-0.3, -0.25) is 9.59 Å². The molecule has 2 aromatic carbocycles. The Balaban J connectivity index is 1.79. The molecular formula is C24H30N2O4S2. The molecule has 172 valence electrons. The number of hydrogen-bond donors (Lipinski definition) is 2. The highest BCUT2D eigenvalue weighted by molar-refractivity contribution is 8.14. The minimum absolute atomic E-state index is 0.105. The number of carboxylic acid groups (broad SMARTS) is 1. The normalized spacial score (nSPS) is 12.6. The lowest BCUT2D eigenvalue weighted by Gasteiger charge is -2.18. The molecule has 2 aromatic rings. The molecule has 8 heteroatoms. The first-order valence-corrected chi connectivity index (χ1v) is 12.6. The van der Waals surface area contributed by atoms with Crippen molar-refractivity contribution < 1.29 is 19.5 Å². The van der Waals surface area contributed by atoms with Gasteiger partial charge in [-0.2, -0.15) is 11.8 Å². The third-order valence-corrected chi connectivity index (χ3v) is 7.21. The van der Waals surface area contributed by atoms with Gasteiger partial charge in [0.1, 0.15) is 6.04 Å². The fraction of sp³-hybridized carbons (Fsp3) is 0.375. The van der Waals surface area contributed by atoms with E-state index in [1.54, 1.807) is 31.2 Å². The lowest BCUT2D eigenvalue weighted by atomic mass is 10.2. The second-order valence-electron chi connectivity index (χ2n) is 7.46.